The Hall–Kier alpha value is -0.800. The van der Waals surface area contributed by atoms with Crippen LogP contribution in [0.1, 0.15) is 0 Å². The quantitative estimate of drug-likeness (QED) is 0.736. The van der Waals surface area contributed by atoms with Gasteiger partial charge in [0.15, 0.2) is 0 Å². The molecule has 1 aromatic heterocycles. The number of halogens is 2. The van der Waals surface area contributed by atoms with Crippen molar-refractivity contribution < 1.29 is 0 Å². The van der Waals surface area contributed by atoms with E-state index in [1.54, 1.807) is 6.20 Å². The molecule has 0 amide bonds. The van der Waals surface area contributed by atoms with Crippen molar-refractivity contribution in [2.45, 2.75) is 0 Å². The van der Waals surface area contributed by atoms with Crippen LogP contribution in [-0.4, -0.2) is 4.98 Å². The Morgan fingerprint density at radius 1 is 1.31 bits per heavy atom. The number of nitrogens with two attached hydrogens (primary N) is 1. The van der Waals surface area contributed by atoms with Crippen LogP contribution in [0.3, 0.4) is 0 Å². The van der Waals surface area contributed by atoms with Crippen LogP contribution in [0.2, 0.25) is 5.15 Å². The van der Waals surface area contributed by atoms with Gasteiger partial charge in [-0.2, -0.15) is 0 Å². The average molecular weight is 258 g/mol. The van der Waals surface area contributed by atoms with Crippen LogP contribution in [0.25, 0.3) is 10.8 Å². The second-order valence-electron chi connectivity index (χ2n) is 2.69. The molecule has 4 heteroatoms. The molecule has 0 aliphatic heterocycles. The number of nitrogen functional groups attached to an aromatic ring is 1. The van der Waals surface area contributed by atoms with Crippen molar-refractivity contribution in [3.05, 3.63) is 34.0 Å². The molecule has 0 saturated heterocycles. The first kappa shape index (κ1) is 8.78. The van der Waals surface area contributed by atoms with Gasteiger partial charge in [-0.15, -0.1) is 0 Å². The molecule has 0 aliphatic rings. The van der Waals surface area contributed by atoms with Crippen LogP contribution in [0.5, 0.6) is 0 Å². The molecule has 0 bridgehead atoms. The minimum atomic E-state index is 0.477. The van der Waals surface area contributed by atoms with Crippen molar-refractivity contribution in [3.63, 3.8) is 0 Å². The van der Waals surface area contributed by atoms with Gasteiger partial charge in [0.25, 0.3) is 0 Å². The fraction of sp³-hybridized carbons (Fsp3) is 0. The molecule has 1 heterocycles. The van der Waals surface area contributed by atoms with Crippen LogP contribution in [0, 0.1) is 0 Å². The van der Waals surface area contributed by atoms with E-state index in [2.05, 4.69) is 20.9 Å². The minimum absolute atomic E-state index is 0.477. The first-order valence-electron chi connectivity index (χ1n) is 3.68. The van der Waals surface area contributed by atoms with Crippen LogP contribution in [0.15, 0.2) is 28.9 Å². The van der Waals surface area contributed by atoms with Crippen LogP contribution in [0.4, 0.5) is 5.69 Å². The first-order chi connectivity index (χ1) is 6.18. The van der Waals surface area contributed by atoms with Crippen molar-refractivity contribution in [1.82, 2.24) is 4.98 Å². The lowest BCUT2D eigenvalue weighted by Crippen LogP contribution is -1.89. The summed E-state index contributed by atoms with van der Waals surface area (Å²) in [5.41, 5.74) is 6.38. The summed E-state index contributed by atoms with van der Waals surface area (Å²) in [7, 11) is 0. The molecular formula is C9H6BrClN2. The van der Waals surface area contributed by atoms with E-state index in [1.807, 2.05) is 18.2 Å². The van der Waals surface area contributed by atoms with E-state index in [0.717, 1.165) is 15.2 Å². The van der Waals surface area contributed by atoms with E-state index in [4.69, 9.17) is 17.3 Å². The lowest BCUT2D eigenvalue weighted by atomic mass is 10.1. The fourth-order valence-electron chi connectivity index (χ4n) is 1.20. The predicted octanol–water partition coefficient (Wildman–Crippen LogP) is 3.23. The van der Waals surface area contributed by atoms with E-state index < -0.39 is 0 Å². The van der Waals surface area contributed by atoms with Gasteiger partial charge in [-0.1, -0.05) is 33.6 Å². The number of nitrogens with zero attached hydrogens (tertiary/aromatic N) is 1. The maximum absolute atomic E-state index is 5.91. The predicted molar refractivity (Wildman–Crippen MR) is 58.9 cm³/mol. The third kappa shape index (κ3) is 1.49. The van der Waals surface area contributed by atoms with Crippen molar-refractivity contribution >= 4 is 44.0 Å². The van der Waals surface area contributed by atoms with E-state index >= 15 is 0 Å². The second-order valence-corrected chi connectivity index (χ2v) is 3.97. The molecule has 0 spiro atoms. The van der Waals surface area contributed by atoms with Crippen LogP contribution >= 0.6 is 27.5 Å². The summed E-state index contributed by atoms with van der Waals surface area (Å²) in [5, 5.41) is 2.28. The summed E-state index contributed by atoms with van der Waals surface area (Å²) < 4.78 is 0.967. The minimum Gasteiger partial charge on any atom is -0.397 e. The summed E-state index contributed by atoms with van der Waals surface area (Å²) in [6, 6.07) is 5.75. The topological polar surface area (TPSA) is 38.9 Å². The van der Waals surface area contributed by atoms with Gasteiger partial charge in [-0.3, -0.25) is 0 Å². The van der Waals surface area contributed by atoms with Gasteiger partial charge in [-0.25, -0.2) is 4.98 Å². The highest BCUT2D eigenvalue weighted by molar-refractivity contribution is 9.10. The zero-order valence-electron chi connectivity index (χ0n) is 6.59. The number of hydrogen-bond acceptors (Lipinski definition) is 2. The van der Waals surface area contributed by atoms with Crippen LogP contribution < -0.4 is 5.73 Å². The van der Waals surface area contributed by atoms with E-state index in [9.17, 15) is 0 Å². The molecule has 2 aromatic rings. The Morgan fingerprint density at radius 2 is 2.08 bits per heavy atom. The molecule has 0 fully saturated rings. The lowest BCUT2D eigenvalue weighted by Gasteiger charge is -2.03. The zero-order valence-corrected chi connectivity index (χ0v) is 8.93. The highest BCUT2D eigenvalue weighted by atomic mass is 79.9. The molecular weight excluding hydrogens is 251 g/mol. The van der Waals surface area contributed by atoms with Crippen LogP contribution in [-0.2, 0) is 0 Å². The third-order valence-electron chi connectivity index (χ3n) is 1.83. The van der Waals surface area contributed by atoms with Gasteiger partial charge >= 0.3 is 0 Å². The van der Waals surface area contributed by atoms with E-state index in [0.29, 0.717) is 10.8 Å². The highest BCUT2D eigenvalue weighted by Gasteiger charge is 2.03. The molecule has 0 aliphatic carbocycles. The summed E-state index contributed by atoms with van der Waals surface area (Å²) in [5.74, 6) is 0. The standard InChI is InChI=1S/C9H6BrClN2/c10-5-1-2-6-7(3-5)9(11)13-4-8(6)12/h1-4H,12H2. The molecule has 0 unspecified atom stereocenters. The number of anilines is 1. The Kier molecular flexibility index (Phi) is 2.14. The Bertz CT molecular complexity index is 470. The van der Waals surface area contributed by atoms with Crippen molar-refractivity contribution in [3.8, 4) is 0 Å². The second kappa shape index (κ2) is 3.16. The number of rotatable bonds is 0. The zero-order chi connectivity index (χ0) is 9.42. The average Bonchev–Trinajstić information content (AvgIpc) is 2.12. The van der Waals surface area contributed by atoms with Gasteiger partial charge in [0.2, 0.25) is 0 Å². The van der Waals surface area contributed by atoms with E-state index in [-0.39, 0.29) is 0 Å². The van der Waals surface area contributed by atoms with Gasteiger partial charge in [0.1, 0.15) is 5.15 Å². The summed E-state index contributed by atoms with van der Waals surface area (Å²) in [6.07, 6.45) is 1.57. The number of hydrogen-bond donors (Lipinski definition) is 1. The van der Waals surface area contributed by atoms with Crippen molar-refractivity contribution in [1.29, 1.82) is 0 Å². The maximum atomic E-state index is 5.91. The Morgan fingerprint density at radius 3 is 2.85 bits per heavy atom. The molecule has 13 heavy (non-hydrogen) atoms. The Balaban J connectivity index is 2.92. The lowest BCUT2D eigenvalue weighted by molar-refractivity contribution is 1.36. The Labute approximate surface area is 88.8 Å². The number of fused-ring (bicyclic) bond motifs is 1. The summed E-state index contributed by atoms with van der Waals surface area (Å²) in [4.78, 5) is 3.97. The van der Waals surface area contributed by atoms with E-state index in [1.165, 1.54) is 0 Å². The fourth-order valence-corrected chi connectivity index (χ4v) is 1.77. The monoisotopic (exact) mass is 256 g/mol. The van der Waals surface area contributed by atoms with Gasteiger partial charge in [0.05, 0.1) is 11.9 Å². The molecule has 66 valence electrons. The van der Waals surface area contributed by atoms with Crippen molar-refractivity contribution in [2.24, 2.45) is 0 Å². The smallest absolute Gasteiger partial charge is 0.137 e. The SMILES string of the molecule is Nc1cnc(Cl)c2cc(Br)ccc12. The summed E-state index contributed by atoms with van der Waals surface area (Å²) >= 11 is 9.28. The molecule has 2 N–H and O–H groups in total. The molecule has 0 saturated carbocycles. The van der Waals surface area contributed by atoms with Gasteiger partial charge in [-0.05, 0) is 12.1 Å². The number of pyridine rings is 1. The number of benzene rings is 1. The van der Waals surface area contributed by atoms with Gasteiger partial charge in [0, 0.05) is 15.2 Å². The molecule has 0 atom stereocenters. The maximum Gasteiger partial charge on any atom is 0.137 e. The van der Waals surface area contributed by atoms with Gasteiger partial charge < -0.3 is 5.73 Å². The largest absolute Gasteiger partial charge is 0.397 e. The molecule has 0 radical (unpaired) electrons. The summed E-state index contributed by atoms with van der Waals surface area (Å²) in [6.45, 7) is 0. The third-order valence-corrected chi connectivity index (χ3v) is 2.63. The van der Waals surface area contributed by atoms with Crippen molar-refractivity contribution in [2.75, 3.05) is 5.73 Å². The normalized spacial score (nSPS) is 10.6. The molecule has 2 rings (SSSR count). The molecule has 1 aromatic carbocycles. The number of aromatic nitrogens is 1. The first-order valence-corrected chi connectivity index (χ1v) is 4.85. The highest BCUT2D eigenvalue weighted by Crippen LogP contribution is 2.28. The molecule has 2 nitrogen and oxygen atoms in total.